The van der Waals surface area contributed by atoms with Gasteiger partial charge in [-0.15, -0.1) is 0 Å². The van der Waals surface area contributed by atoms with Gasteiger partial charge in [0.15, 0.2) is 0 Å². The molecule has 1 aliphatic heterocycles. The van der Waals surface area contributed by atoms with Crippen LogP contribution in [0.5, 0.6) is 11.5 Å². The van der Waals surface area contributed by atoms with E-state index >= 15 is 0 Å². The Kier molecular flexibility index (Phi) is 2.59. The van der Waals surface area contributed by atoms with Crippen LogP contribution in [-0.2, 0) is 0 Å². The minimum Gasteiger partial charge on any atom is -0.497 e. The van der Waals surface area contributed by atoms with Crippen LogP contribution in [0.4, 0.5) is 0 Å². The lowest BCUT2D eigenvalue weighted by molar-refractivity contribution is 0.368. The van der Waals surface area contributed by atoms with Crippen molar-refractivity contribution in [3.05, 3.63) is 23.8 Å². The van der Waals surface area contributed by atoms with Crippen molar-refractivity contribution in [1.29, 1.82) is 0 Å². The van der Waals surface area contributed by atoms with Crippen LogP contribution in [-0.4, -0.2) is 20.8 Å². The first-order valence-electron chi connectivity index (χ1n) is 4.80. The summed E-state index contributed by atoms with van der Waals surface area (Å²) >= 11 is 0. The Hall–Kier alpha value is -1.22. The standard InChI is InChI=1S/C11H15NO2/c1-13-9-5-8(11-3-4-12-11)6-10(7-9)14-2/h5-7,11-12H,3-4H2,1-2H3/t11-/m1/s1. The minimum atomic E-state index is 0.471. The SMILES string of the molecule is COc1cc(OC)cc([C@H]2CCN2)c1. The van der Waals surface area contributed by atoms with Crippen LogP contribution in [0.2, 0.25) is 0 Å². The first-order valence-corrected chi connectivity index (χ1v) is 4.80. The first-order chi connectivity index (χ1) is 6.83. The Balaban J connectivity index is 2.28. The topological polar surface area (TPSA) is 30.5 Å². The van der Waals surface area contributed by atoms with Gasteiger partial charge in [-0.25, -0.2) is 0 Å². The third kappa shape index (κ3) is 1.68. The van der Waals surface area contributed by atoms with E-state index in [0.29, 0.717) is 6.04 Å². The van der Waals surface area contributed by atoms with Crippen molar-refractivity contribution in [3.8, 4) is 11.5 Å². The van der Waals surface area contributed by atoms with Gasteiger partial charge >= 0.3 is 0 Å². The number of methoxy groups -OCH3 is 2. The molecule has 3 nitrogen and oxygen atoms in total. The maximum absolute atomic E-state index is 5.21. The third-order valence-corrected chi connectivity index (χ3v) is 2.60. The van der Waals surface area contributed by atoms with Gasteiger partial charge in [0, 0.05) is 12.1 Å². The molecule has 1 heterocycles. The quantitative estimate of drug-likeness (QED) is 0.793. The summed E-state index contributed by atoms with van der Waals surface area (Å²) in [4.78, 5) is 0. The van der Waals surface area contributed by atoms with Gasteiger partial charge in [-0.1, -0.05) is 0 Å². The molecule has 0 unspecified atom stereocenters. The van der Waals surface area contributed by atoms with Crippen LogP contribution in [0.15, 0.2) is 18.2 Å². The van der Waals surface area contributed by atoms with Crippen molar-refractivity contribution < 1.29 is 9.47 Å². The Morgan fingerprint density at radius 2 is 1.71 bits per heavy atom. The molecule has 1 N–H and O–H groups in total. The van der Waals surface area contributed by atoms with Gasteiger partial charge in [0.2, 0.25) is 0 Å². The fourth-order valence-corrected chi connectivity index (χ4v) is 1.60. The van der Waals surface area contributed by atoms with Crippen molar-refractivity contribution in [2.45, 2.75) is 12.5 Å². The minimum absolute atomic E-state index is 0.471. The van der Waals surface area contributed by atoms with Gasteiger partial charge in [-0.2, -0.15) is 0 Å². The second kappa shape index (κ2) is 3.88. The van der Waals surface area contributed by atoms with Gasteiger partial charge in [-0.05, 0) is 30.7 Å². The maximum atomic E-state index is 5.21. The van der Waals surface area contributed by atoms with Gasteiger partial charge in [0.1, 0.15) is 11.5 Å². The van der Waals surface area contributed by atoms with Gasteiger partial charge in [0.25, 0.3) is 0 Å². The summed E-state index contributed by atoms with van der Waals surface area (Å²) in [7, 11) is 3.35. The molecule has 1 atom stereocenters. The van der Waals surface area contributed by atoms with Gasteiger partial charge in [0.05, 0.1) is 14.2 Å². The first kappa shape index (κ1) is 9.34. The van der Waals surface area contributed by atoms with E-state index in [1.165, 1.54) is 12.0 Å². The molecule has 2 rings (SSSR count). The lowest BCUT2D eigenvalue weighted by atomic mass is 9.97. The van der Waals surface area contributed by atoms with Crippen LogP contribution >= 0.6 is 0 Å². The van der Waals surface area contributed by atoms with E-state index in [9.17, 15) is 0 Å². The molecule has 0 spiro atoms. The second-order valence-corrected chi connectivity index (χ2v) is 3.44. The summed E-state index contributed by atoms with van der Waals surface area (Å²) in [6.07, 6.45) is 1.19. The summed E-state index contributed by atoms with van der Waals surface area (Å²) in [5, 5.41) is 3.35. The number of rotatable bonds is 3. The number of ether oxygens (including phenoxy) is 2. The van der Waals surface area contributed by atoms with E-state index in [-0.39, 0.29) is 0 Å². The predicted octanol–water partition coefficient (Wildman–Crippen LogP) is 1.74. The fraction of sp³-hybridized carbons (Fsp3) is 0.455. The maximum Gasteiger partial charge on any atom is 0.122 e. The van der Waals surface area contributed by atoms with E-state index in [2.05, 4.69) is 17.4 Å². The Labute approximate surface area is 84.0 Å². The van der Waals surface area contributed by atoms with Crippen LogP contribution in [0.25, 0.3) is 0 Å². The highest BCUT2D eigenvalue weighted by molar-refractivity contribution is 5.40. The highest BCUT2D eigenvalue weighted by Gasteiger charge is 2.19. The molecule has 1 aromatic rings. The third-order valence-electron chi connectivity index (χ3n) is 2.60. The lowest BCUT2D eigenvalue weighted by Gasteiger charge is -2.28. The number of nitrogens with one attached hydrogen (secondary N) is 1. The Morgan fingerprint density at radius 1 is 1.14 bits per heavy atom. The largest absolute Gasteiger partial charge is 0.497 e. The smallest absolute Gasteiger partial charge is 0.122 e. The van der Waals surface area contributed by atoms with Gasteiger partial charge < -0.3 is 14.8 Å². The molecular formula is C11H15NO2. The van der Waals surface area contributed by atoms with Crippen molar-refractivity contribution in [1.82, 2.24) is 5.32 Å². The molecule has 76 valence electrons. The molecule has 0 amide bonds. The molecule has 3 heteroatoms. The highest BCUT2D eigenvalue weighted by Crippen LogP contribution is 2.30. The molecule has 1 aliphatic rings. The van der Waals surface area contributed by atoms with E-state index in [4.69, 9.17) is 9.47 Å². The van der Waals surface area contributed by atoms with Crippen LogP contribution in [0.1, 0.15) is 18.0 Å². The zero-order valence-electron chi connectivity index (χ0n) is 8.54. The zero-order chi connectivity index (χ0) is 9.97. The molecule has 1 aromatic carbocycles. The summed E-state index contributed by atoms with van der Waals surface area (Å²) in [6, 6.07) is 6.47. The van der Waals surface area contributed by atoms with Crippen LogP contribution in [0.3, 0.4) is 0 Å². The Morgan fingerprint density at radius 3 is 2.07 bits per heavy atom. The normalized spacial score (nSPS) is 20.0. The lowest BCUT2D eigenvalue weighted by Crippen LogP contribution is -2.34. The summed E-state index contributed by atoms with van der Waals surface area (Å²) in [6.45, 7) is 1.10. The molecule has 0 saturated carbocycles. The number of benzene rings is 1. The molecule has 0 aromatic heterocycles. The molecule has 1 saturated heterocycles. The van der Waals surface area contributed by atoms with Crippen molar-refractivity contribution in [2.24, 2.45) is 0 Å². The molecule has 0 radical (unpaired) electrons. The van der Waals surface area contributed by atoms with Crippen LogP contribution in [0, 0.1) is 0 Å². The molecule has 1 fully saturated rings. The monoisotopic (exact) mass is 193 g/mol. The summed E-state index contributed by atoms with van der Waals surface area (Å²) in [5.74, 6) is 1.71. The van der Waals surface area contributed by atoms with E-state index in [1.807, 2.05) is 6.07 Å². The van der Waals surface area contributed by atoms with Gasteiger partial charge in [-0.3, -0.25) is 0 Å². The summed E-state index contributed by atoms with van der Waals surface area (Å²) < 4.78 is 10.4. The second-order valence-electron chi connectivity index (χ2n) is 3.44. The highest BCUT2D eigenvalue weighted by atomic mass is 16.5. The molecule has 14 heavy (non-hydrogen) atoms. The average Bonchev–Trinajstić information content (AvgIpc) is 2.14. The van der Waals surface area contributed by atoms with Crippen molar-refractivity contribution >= 4 is 0 Å². The average molecular weight is 193 g/mol. The molecular weight excluding hydrogens is 178 g/mol. The van der Waals surface area contributed by atoms with E-state index < -0.39 is 0 Å². The van der Waals surface area contributed by atoms with E-state index in [1.54, 1.807) is 14.2 Å². The van der Waals surface area contributed by atoms with Crippen LogP contribution < -0.4 is 14.8 Å². The predicted molar refractivity (Wildman–Crippen MR) is 54.9 cm³/mol. The fourth-order valence-electron chi connectivity index (χ4n) is 1.60. The summed E-state index contributed by atoms with van der Waals surface area (Å²) in [5.41, 5.74) is 1.24. The zero-order valence-corrected chi connectivity index (χ0v) is 8.54. The Bertz CT molecular complexity index is 299. The van der Waals surface area contributed by atoms with Crippen molar-refractivity contribution in [3.63, 3.8) is 0 Å². The number of hydrogen-bond acceptors (Lipinski definition) is 3. The number of hydrogen-bond donors (Lipinski definition) is 1. The van der Waals surface area contributed by atoms with E-state index in [0.717, 1.165) is 18.0 Å². The van der Waals surface area contributed by atoms with Crippen molar-refractivity contribution in [2.75, 3.05) is 20.8 Å². The molecule has 0 aliphatic carbocycles. The molecule has 0 bridgehead atoms.